The van der Waals surface area contributed by atoms with E-state index in [0.717, 1.165) is 22.0 Å². The third kappa shape index (κ3) is 3.57. The predicted molar refractivity (Wildman–Crippen MR) is 109 cm³/mol. The Morgan fingerprint density at radius 2 is 1.82 bits per heavy atom. The Bertz CT molecular complexity index is 986. The molecule has 5 nitrogen and oxygen atoms in total. The van der Waals surface area contributed by atoms with Crippen molar-refractivity contribution >= 4 is 23.4 Å². The molecule has 1 aliphatic heterocycles. The van der Waals surface area contributed by atoms with Gasteiger partial charge in [0.1, 0.15) is 16.8 Å². The molecule has 3 aromatic rings. The molecule has 0 radical (unpaired) electrons. The second kappa shape index (κ2) is 7.59. The molecule has 2 heterocycles. The summed E-state index contributed by atoms with van der Waals surface area (Å²) in [7, 11) is 1.62. The first-order valence-electron chi connectivity index (χ1n) is 8.87. The fourth-order valence-corrected chi connectivity index (χ4v) is 4.42. The van der Waals surface area contributed by atoms with Crippen LogP contribution in [-0.4, -0.2) is 22.9 Å². The van der Waals surface area contributed by atoms with Crippen LogP contribution < -0.4 is 15.5 Å². The van der Waals surface area contributed by atoms with Gasteiger partial charge in [-0.3, -0.25) is 9.47 Å². The van der Waals surface area contributed by atoms with Crippen LogP contribution in [0, 0.1) is 12.7 Å². The maximum absolute atomic E-state index is 13.2. The Kier molecular flexibility index (Phi) is 5.00. The highest BCUT2D eigenvalue weighted by molar-refractivity contribution is 8.00. The number of fused-ring (bicyclic) bond motifs is 1. The average Bonchev–Trinajstić information content (AvgIpc) is 3.09. The molecule has 0 saturated carbocycles. The highest BCUT2D eigenvalue weighted by Gasteiger charge is 2.36. The molecule has 144 valence electrons. The van der Waals surface area contributed by atoms with Gasteiger partial charge in [0.15, 0.2) is 0 Å². The fourth-order valence-electron chi connectivity index (χ4n) is 3.19. The number of methoxy groups -OCH3 is 1. The van der Waals surface area contributed by atoms with Crippen LogP contribution in [0.4, 0.5) is 10.1 Å². The molecule has 2 aromatic carbocycles. The van der Waals surface area contributed by atoms with Crippen molar-refractivity contribution in [3.8, 4) is 5.75 Å². The number of nitrogens with one attached hydrogen (secondary N) is 2. The topological polar surface area (TPSA) is 55.3 Å². The van der Waals surface area contributed by atoms with E-state index in [-0.39, 0.29) is 17.8 Å². The molecule has 4 rings (SSSR count). The third-order valence-corrected chi connectivity index (χ3v) is 6.00. The highest BCUT2D eigenvalue weighted by Crippen LogP contribution is 2.39. The van der Waals surface area contributed by atoms with Crippen molar-refractivity contribution in [1.82, 2.24) is 4.68 Å². The van der Waals surface area contributed by atoms with Gasteiger partial charge >= 0.3 is 0 Å². The number of benzene rings is 2. The van der Waals surface area contributed by atoms with Crippen LogP contribution in [0.25, 0.3) is 0 Å². The van der Waals surface area contributed by atoms with Crippen molar-refractivity contribution in [3.05, 3.63) is 77.7 Å². The third-order valence-electron chi connectivity index (χ3n) is 4.70. The first kappa shape index (κ1) is 18.4. The Morgan fingerprint density at radius 1 is 1.11 bits per heavy atom. The minimum Gasteiger partial charge on any atom is -0.497 e. The van der Waals surface area contributed by atoms with Crippen molar-refractivity contribution < 1.29 is 13.9 Å². The maximum atomic E-state index is 13.2. The van der Waals surface area contributed by atoms with Crippen LogP contribution in [0.3, 0.4) is 0 Å². The highest BCUT2D eigenvalue weighted by atomic mass is 32.2. The Morgan fingerprint density at radius 3 is 2.50 bits per heavy atom. The van der Waals surface area contributed by atoms with Crippen molar-refractivity contribution in [2.45, 2.75) is 23.2 Å². The van der Waals surface area contributed by atoms with E-state index in [1.807, 2.05) is 48.0 Å². The summed E-state index contributed by atoms with van der Waals surface area (Å²) in [5.41, 5.74) is 6.07. The number of nitrogens with zero attached hydrogens (tertiary/aromatic N) is 1. The van der Waals surface area contributed by atoms with Crippen LogP contribution >= 0.6 is 11.8 Å². The van der Waals surface area contributed by atoms with Gasteiger partial charge in [-0.1, -0.05) is 23.9 Å². The lowest BCUT2D eigenvalue weighted by molar-refractivity contribution is -0.116. The van der Waals surface area contributed by atoms with E-state index in [9.17, 15) is 9.18 Å². The van der Waals surface area contributed by atoms with Crippen LogP contribution in [0.1, 0.15) is 17.3 Å². The predicted octanol–water partition coefficient (Wildman–Crippen LogP) is 4.34. The van der Waals surface area contributed by atoms with Crippen LogP contribution in [0.15, 0.2) is 65.7 Å². The van der Waals surface area contributed by atoms with E-state index in [0.29, 0.717) is 5.69 Å². The molecule has 2 N–H and O–H groups in total. The Balaban J connectivity index is 1.64. The summed E-state index contributed by atoms with van der Waals surface area (Å²) in [6, 6.07) is 17.2. The minimum absolute atomic E-state index is 0.143. The lowest BCUT2D eigenvalue weighted by Crippen LogP contribution is -2.41. The first-order chi connectivity index (χ1) is 13.5. The Hall–Kier alpha value is -2.93. The van der Waals surface area contributed by atoms with Gasteiger partial charge in [-0.2, -0.15) is 0 Å². The van der Waals surface area contributed by atoms with Crippen molar-refractivity contribution in [3.63, 3.8) is 0 Å². The number of amides is 1. The molecule has 1 aromatic heterocycles. The molecular weight excluding hydrogens is 377 g/mol. The van der Waals surface area contributed by atoms with Gasteiger partial charge in [-0.15, -0.1) is 0 Å². The van der Waals surface area contributed by atoms with E-state index >= 15 is 0 Å². The molecular formula is C21H20FN3O2S. The number of ether oxygens (including phenoxy) is 1. The zero-order valence-corrected chi connectivity index (χ0v) is 16.3. The number of aryl methyl sites for hydroxylation is 1. The van der Waals surface area contributed by atoms with Gasteiger partial charge in [-0.25, -0.2) is 4.39 Å². The first-order valence-corrected chi connectivity index (χ1v) is 9.75. The molecule has 2 unspecified atom stereocenters. The molecule has 2 atom stereocenters. The molecule has 0 fully saturated rings. The van der Waals surface area contributed by atoms with Gasteiger partial charge in [-0.05, 0) is 61.0 Å². The molecule has 1 aliphatic rings. The number of anilines is 1. The van der Waals surface area contributed by atoms with E-state index < -0.39 is 5.25 Å². The zero-order valence-electron chi connectivity index (χ0n) is 15.5. The van der Waals surface area contributed by atoms with Gasteiger partial charge in [0.05, 0.1) is 18.2 Å². The van der Waals surface area contributed by atoms with Crippen molar-refractivity contribution in [1.29, 1.82) is 0 Å². The molecule has 0 spiro atoms. The number of hydrogen-bond acceptors (Lipinski definition) is 4. The number of aromatic nitrogens is 1. The van der Waals surface area contributed by atoms with Gasteiger partial charge in [0.2, 0.25) is 5.91 Å². The quantitative estimate of drug-likeness (QED) is 0.688. The summed E-state index contributed by atoms with van der Waals surface area (Å²) in [6.45, 7) is 2.01. The van der Waals surface area contributed by atoms with Crippen molar-refractivity contribution in [2.75, 3.05) is 17.9 Å². The van der Waals surface area contributed by atoms with Crippen LogP contribution in [-0.2, 0) is 4.79 Å². The summed E-state index contributed by atoms with van der Waals surface area (Å²) < 4.78 is 20.4. The zero-order chi connectivity index (χ0) is 19.7. The van der Waals surface area contributed by atoms with E-state index in [4.69, 9.17) is 4.74 Å². The van der Waals surface area contributed by atoms with Crippen molar-refractivity contribution in [2.24, 2.45) is 0 Å². The molecule has 1 amide bonds. The second-order valence-electron chi connectivity index (χ2n) is 6.56. The van der Waals surface area contributed by atoms with E-state index in [1.165, 1.54) is 23.9 Å². The molecule has 0 saturated heterocycles. The molecule has 0 aliphatic carbocycles. The summed E-state index contributed by atoms with van der Waals surface area (Å²) in [5.74, 6) is 0.281. The SMILES string of the molecule is COc1ccc(C2Nn3c(C)ccc3SC2C(=O)Nc2ccc(F)cc2)cc1. The lowest BCUT2D eigenvalue weighted by Gasteiger charge is -2.34. The molecule has 0 bridgehead atoms. The average molecular weight is 397 g/mol. The standard InChI is InChI=1S/C21H20FN3O2S/c1-13-3-12-18-25(13)24-19(14-4-10-17(27-2)11-5-14)20(28-18)21(26)23-16-8-6-15(22)7-9-16/h3-12,19-20,24H,1-2H3,(H,23,26). The molecule has 28 heavy (non-hydrogen) atoms. The number of carbonyl (C=O) groups excluding carboxylic acids is 1. The van der Waals surface area contributed by atoms with Crippen LogP contribution in [0.5, 0.6) is 5.75 Å². The minimum atomic E-state index is -0.403. The summed E-state index contributed by atoms with van der Waals surface area (Å²) in [4.78, 5) is 13.1. The summed E-state index contributed by atoms with van der Waals surface area (Å²) in [5, 5.41) is 3.47. The summed E-state index contributed by atoms with van der Waals surface area (Å²) in [6.07, 6.45) is 0. The fraction of sp³-hybridized carbons (Fsp3) is 0.190. The number of rotatable bonds is 4. The van der Waals surface area contributed by atoms with Gasteiger partial charge in [0, 0.05) is 11.4 Å². The number of carbonyl (C=O) groups is 1. The normalized spacial score (nSPS) is 18.1. The number of thioether (sulfide) groups is 1. The largest absolute Gasteiger partial charge is 0.497 e. The van der Waals surface area contributed by atoms with E-state index in [1.54, 1.807) is 19.2 Å². The van der Waals surface area contributed by atoms with Gasteiger partial charge in [0.25, 0.3) is 0 Å². The number of halogens is 1. The maximum Gasteiger partial charge on any atom is 0.240 e. The second-order valence-corrected chi connectivity index (χ2v) is 7.72. The number of hydrogen-bond donors (Lipinski definition) is 2. The molecule has 7 heteroatoms. The smallest absolute Gasteiger partial charge is 0.240 e. The Labute approximate surface area is 166 Å². The summed E-state index contributed by atoms with van der Waals surface area (Å²) >= 11 is 1.50. The van der Waals surface area contributed by atoms with E-state index in [2.05, 4.69) is 10.7 Å². The van der Waals surface area contributed by atoms with Gasteiger partial charge < -0.3 is 15.5 Å². The van der Waals surface area contributed by atoms with Crippen LogP contribution in [0.2, 0.25) is 0 Å². The monoisotopic (exact) mass is 397 g/mol. The lowest BCUT2D eigenvalue weighted by atomic mass is 10.0.